The third kappa shape index (κ3) is 4.91. The van der Waals surface area contributed by atoms with Crippen LogP contribution in [-0.4, -0.2) is 48.3 Å². The molecule has 0 saturated carbocycles. The van der Waals surface area contributed by atoms with Crippen molar-refractivity contribution in [3.05, 3.63) is 0 Å². The van der Waals surface area contributed by atoms with Gasteiger partial charge in [-0.25, -0.2) is 0 Å². The summed E-state index contributed by atoms with van der Waals surface area (Å²) in [5, 5.41) is 2.82. The number of nitrogens with one attached hydrogen (secondary N) is 1. The highest BCUT2D eigenvalue weighted by molar-refractivity contribution is 5.88. The number of likely N-dealkylation sites (tertiary alicyclic amines) is 1. The molecule has 5 heteroatoms. The zero-order valence-electron chi connectivity index (χ0n) is 12.5. The van der Waals surface area contributed by atoms with Crippen LogP contribution < -0.4 is 11.1 Å². The molecular formula is C14H27N3O2. The van der Waals surface area contributed by atoms with Crippen molar-refractivity contribution in [3.63, 3.8) is 0 Å². The van der Waals surface area contributed by atoms with Crippen molar-refractivity contribution >= 4 is 11.7 Å². The van der Waals surface area contributed by atoms with Crippen molar-refractivity contribution < 1.29 is 9.59 Å². The van der Waals surface area contributed by atoms with E-state index in [2.05, 4.69) is 17.1 Å². The maximum absolute atomic E-state index is 12.0. The highest BCUT2D eigenvalue weighted by atomic mass is 16.2. The second kappa shape index (κ2) is 7.01. The quantitative estimate of drug-likeness (QED) is 0.757. The third-order valence-corrected chi connectivity index (χ3v) is 3.89. The number of nitrogens with two attached hydrogens (primary N) is 1. The molecule has 1 amide bonds. The van der Waals surface area contributed by atoms with Crippen LogP contribution >= 0.6 is 0 Å². The number of ketones is 1. The number of amides is 1. The van der Waals surface area contributed by atoms with E-state index < -0.39 is 0 Å². The van der Waals surface area contributed by atoms with Gasteiger partial charge in [0.1, 0.15) is 0 Å². The van der Waals surface area contributed by atoms with Crippen LogP contribution in [0.4, 0.5) is 0 Å². The topological polar surface area (TPSA) is 75.4 Å². The normalized spacial score (nSPS) is 26.2. The Hall–Kier alpha value is -0.940. The average Bonchev–Trinajstić information content (AvgIpc) is 2.30. The molecule has 0 aromatic carbocycles. The van der Waals surface area contributed by atoms with Gasteiger partial charge in [-0.1, -0.05) is 20.8 Å². The zero-order valence-corrected chi connectivity index (χ0v) is 12.5. The summed E-state index contributed by atoms with van der Waals surface area (Å²) in [5.41, 5.74) is 6.01. The second-order valence-corrected chi connectivity index (χ2v) is 6.06. The van der Waals surface area contributed by atoms with Crippen molar-refractivity contribution in [1.29, 1.82) is 0 Å². The van der Waals surface area contributed by atoms with Crippen molar-refractivity contribution in [3.8, 4) is 0 Å². The summed E-state index contributed by atoms with van der Waals surface area (Å²) in [6.45, 7) is 9.51. The molecule has 1 heterocycles. The van der Waals surface area contributed by atoms with Crippen LogP contribution in [0.25, 0.3) is 0 Å². The first-order valence-corrected chi connectivity index (χ1v) is 7.09. The minimum atomic E-state index is -0.384. The lowest BCUT2D eigenvalue weighted by Crippen LogP contribution is -2.52. The molecule has 0 spiro atoms. The minimum absolute atomic E-state index is 0.00678. The summed E-state index contributed by atoms with van der Waals surface area (Å²) in [5.74, 6) is 0.549. The summed E-state index contributed by atoms with van der Waals surface area (Å²) in [6, 6.07) is -0.250. The van der Waals surface area contributed by atoms with E-state index in [-0.39, 0.29) is 29.7 Å². The number of hydrogen-bond donors (Lipinski definition) is 2. The fraction of sp³-hybridized carbons (Fsp3) is 0.857. The average molecular weight is 269 g/mol. The number of nitrogens with zero attached hydrogens (tertiary/aromatic N) is 1. The zero-order chi connectivity index (χ0) is 14.6. The second-order valence-electron chi connectivity index (χ2n) is 6.06. The van der Waals surface area contributed by atoms with Crippen molar-refractivity contribution in [2.45, 2.75) is 46.2 Å². The van der Waals surface area contributed by atoms with E-state index in [0.29, 0.717) is 12.5 Å². The van der Waals surface area contributed by atoms with Crippen LogP contribution in [0.5, 0.6) is 0 Å². The van der Waals surface area contributed by atoms with E-state index in [1.807, 2.05) is 13.8 Å². The van der Waals surface area contributed by atoms with Gasteiger partial charge in [0.05, 0.1) is 12.6 Å². The number of Topliss-reactive ketones (excluding diaryl/α,β-unsaturated/α-hetero) is 1. The number of carbonyl (C=O) groups is 2. The number of carbonyl (C=O) groups excluding carboxylic acids is 2. The Morgan fingerprint density at radius 3 is 2.53 bits per heavy atom. The van der Waals surface area contributed by atoms with Gasteiger partial charge in [0.2, 0.25) is 5.91 Å². The minimum Gasteiger partial charge on any atom is -0.345 e. The molecule has 110 valence electrons. The lowest BCUT2D eigenvalue weighted by Gasteiger charge is -2.34. The van der Waals surface area contributed by atoms with Gasteiger partial charge < -0.3 is 11.1 Å². The molecule has 19 heavy (non-hydrogen) atoms. The molecule has 0 aliphatic carbocycles. The Balaban J connectivity index is 2.44. The molecule has 0 bridgehead atoms. The molecule has 3 unspecified atom stereocenters. The van der Waals surface area contributed by atoms with Gasteiger partial charge in [0, 0.05) is 12.6 Å². The van der Waals surface area contributed by atoms with E-state index in [9.17, 15) is 9.59 Å². The molecule has 0 aromatic rings. The van der Waals surface area contributed by atoms with Crippen LogP contribution in [-0.2, 0) is 9.59 Å². The van der Waals surface area contributed by atoms with Crippen molar-refractivity contribution in [2.24, 2.45) is 17.6 Å². The monoisotopic (exact) mass is 269 g/mol. The summed E-state index contributed by atoms with van der Waals surface area (Å²) in [7, 11) is 0. The number of hydrogen-bond acceptors (Lipinski definition) is 4. The van der Waals surface area contributed by atoms with Gasteiger partial charge in [0.15, 0.2) is 5.78 Å². The Kier molecular flexibility index (Phi) is 5.94. The highest BCUT2D eigenvalue weighted by Crippen LogP contribution is 2.15. The van der Waals surface area contributed by atoms with Crippen molar-refractivity contribution in [2.75, 3.05) is 19.6 Å². The molecule has 5 nitrogen and oxygen atoms in total. The highest BCUT2D eigenvalue weighted by Gasteiger charge is 2.26. The fourth-order valence-electron chi connectivity index (χ4n) is 2.47. The van der Waals surface area contributed by atoms with Crippen molar-refractivity contribution in [1.82, 2.24) is 10.2 Å². The van der Waals surface area contributed by atoms with E-state index >= 15 is 0 Å². The molecule has 3 atom stereocenters. The maximum atomic E-state index is 12.0. The molecule has 1 rings (SSSR count). The van der Waals surface area contributed by atoms with Gasteiger partial charge in [-0.2, -0.15) is 0 Å². The van der Waals surface area contributed by atoms with Crippen LogP contribution in [0.1, 0.15) is 34.1 Å². The molecule has 1 fully saturated rings. The Labute approximate surface area is 115 Å². The summed E-state index contributed by atoms with van der Waals surface area (Å²) in [6.07, 6.45) is 1.02. The summed E-state index contributed by atoms with van der Waals surface area (Å²) in [4.78, 5) is 25.5. The Bertz CT molecular complexity index is 331. The van der Waals surface area contributed by atoms with Gasteiger partial charge in [-0.15, -0.1) is 0 Å². The fourth-order valence-corrected chi connectivity index (χ4v) is 2.47. The van der Waals surface area contributed by atoms with E-state index in [0.717, 1.165) is 19.5 Å². The molecule has 1 aliphatic heterocycles. The standard InChI is InChI=1S/C14H27N3O2/c1-9(2)14(11(4)18)16-13(19)8-17-6-5-10(3)12(15)7-17/h9-10,12,14H,5-8,15H2,1-4H3,(H,16,19). The van der Waals surface area contributed by atoms with Gasteiger partial charge >= 0.3 is 0 Å². The lowest BCUT2D eigenvalue weighted by atomic mass is 9.94. The van der Waals surface area contributed by atoms with E-state index in [1.54, 1.807) is 0 Å². The summed E-state index contributed by atoms with van der Waals surface area (Å²) >= 11 is 0. The van der Waals surface area contributed by atoms with Gasteiger partial charge in [-0.3, -0.25) is 14.5 Å². The predicted octanol–water partition coefficient (Wildman–Crippen LogP) is 0.385. The first-order valence-electron chi connectivity index (χ1n) is 7.09. The van der Waals surface area contributed by atoms with E-state index in [1.165, 1.54) is 6.92 Å². The Morgan fingerprint density at radius 1 is 1.42 bits per heavy atom. The van der Waals surface area contributed by atoms with Crippen LogP contribution in [0, 0.1) is 11.8 Å². The molecule has 0 radical (unpaired) electrons. The van der Waals surface area contributed by atoms with Crippen LogP contribution in [0.3, 0.4) is 0 Å². The molecule has 1 aliphatic rings. The third-order valence-electron chi connectivity index (χ3n) is 3.89. The van der Waals surface area contributed by atoms with Gasteiger partial charge in [-0.05, 0) is 31.7 Å². The molecule has 3 N–H and O–H groups in total. The van der Waals surface area contributed by atoms with E-state index in [4.69, 9.17) is 5.73 Å². The SMILES string of the molecule is CC(=O)C(NC(=O)CN1CCC(C)C(N)C1)C(C)C. The first-order chi connectivity index (χ1) is 8.81. The molecular weight excluding hydrogens is 242 g/mol. The predicted molar refractivity (Wildman–Crippen MR) is 75.6 cm³/mol. The lowest BCUT2D eigenvalue weighted by molar-refractivity contribution is -0.128. The van der Waals surface area contributed by atoms with Crippen LogP contribution in [0.15, 0.2) is 0 Å². The van der Waals surface area contributed by atoms with Crippen LogP contribution in [0.2, 0.25) is 0 Å². The number of piperidine rings is 1. The molecule has 0 aromatic heterocycles. The smallest absolute Gasteiger partial charge is 0.234 e. The maximum Gasteiger partial charge on any atom is 0.234 e. The Morgan fingerprint density at radius 2 is 2.05 bits per heavy atom. The summed E-state index contributed by atoms with van der Waals surface area (Å²) < 4.78 is 0. The van der Waals surface area contributed by atoms with Gasteiger partial charge in [0.25, 0.3) is 0 Å². The largest absolute Gasteiger partial charge is 0.345 e. The molecule has 1 saturated heterocycles. The number of rotatable bonds is 5. The first kappa shape index (κ1) is 16.1.